The summed E-state index contributed by atoms with van der Waals surface area (Å²) in [6.07, 6.45) is 1.41. The van der Waals surface area contributed by atoms with Gasteiger partial charge in [0.05, 0.1) is 7.11 Å². The maximum atomic E-state index is 11.7. The zero-order valence-corrected chi connectivity index (χ0v) is 11.1. The highest BCUT2D eigenvalue weighted by atomic mass is 16.5. The fourth-order valence-electron chi connectivity index (χ4n) is 1.83. The number of carbonyl (C=O) groups excluding carboxylic acids is 1. The number of nitrogens with zero attached hydrogens (tertiary/aromatic N) is 3. The number of methoxy groups -OCH3 is 1. The van der Waals surface area contributed by atoms with Crippen LogP contribution in [0.2, 0.25) is 0 Å². The van der Waals surface area contributed by atoms with Crippen LogP contribution in [0.3, 0.4) is 0 Å². The molecule has 1 atom stereocenters. The lowest BCUT2D eigenvalue weighted by molar-refractivity contribution is -0.148. The van der Waals surface area contributed by atoms with Crippen LogP contribution in [-0.4, -0.2) is 31.7 Å². The largest absolute Gasteiger partial charge is 0.468 e. The van der Waals surface area contributed by atoms with E-state index in [4.69, 9.17) is 10.3 Å². The number of hydrogen-bond donors (Lipinski definition) is 1. The zero-order chi connectivity index (χ0) is 13.3. The van der Waals surface area contributed by atoms with Gasteiger partial charge in [0.2, 0.25) is 0 Å². The molecule has 0 radical (unpaired) electrons. The molecule has 6 heteroatoms. The van der Waals surface area contributed by atoms with Crippen LogP contribution < -0.4 is 5.32 Å². The lowest BCUT2D eigenvalue weighted by atomic mass is 9.90. The fraction of sp³-hybridized carbons (Fsp3) is 0.909. The van der Waals surface area contributed by atoms with E-state index in [0.717, 1.165) is 0 Å². The number of rotatable bonds is 8. The van der Waals surface area contributed by atoms with Gasteiger partial charge in [0.15, 0.2) is 0 Å². The minimum absolute atomic E-state index is 0.255. The van der Waals surface area contributed by atoms with E-state index in [9.17, 15) is 4.79 Å². The van der Waals surface area contributed by atoms with Crippen molar-refractivity contribution in [3.63, 3.8) is 0 Å². The molecular weight excluding hydrogens is 220 g/mol. The summed E-state index contributed by atoms with van der Waals surface area (Å²) >= 11 is 0. The van der Waals surface area contributed by atoms with Crippen LogP contribution in [0.1, 0.15) is 33.6 Å². The smallest absolute Gasteiger partial charge is 0.325 e. The molecule has 6 nitrogen and oxygen atoms in total. The molecule has 0 aliphatic carbocycles. The van der Waals surface area contributed by atoms with Crippen molar-refractivity contribution in [3.8, 4) is 0 Å². The van der Waals surface area contributed by atoms with Crippen molar-refractivity contribution in [3.05, 3.63) is 10.4 Å². The molecule has 0 amide bonds. The molecule has 0 fully saturated rings. The molecule has 17 heavy (non-hydrogen) atoms. The topological polar surface area (TPSA) is 87.1 Å². The number of esters is 1. The van der Waals surface area contributed by atoms with Crippen molar-refractivity contribution >= 4 is 5.97 Å². The molecule has 0 spiro atoms. The average molecular weight is 242 g/mol. The minimum atomic E-state index is -0.667. The van der Waals surface area contributed by atoms with E-state index in [0.29, 0.717) is 31.8 Å². The van der Waals surface area contributed by atoms with Gasteiger partial charge in [-0.1, -0.05) is 19.0 Å². The quantitative estimate of drug-likeness (QED) is 0.233. The molecule has 1 unspecified atom stereocenters. The number of ether oxygens (including phenoxy) is 1. The Balaban J connectivity index is 4.28. The molecule has 1 N–H and O–H groups in total. The standard InChI is InChI=1S/C11H22N4O2/c1-9(2)8-11(3,10(16)17-4)13-6-5-7-14-15-12/h9,13H,5-8H2,1-4H3. The van der Waals surface area contributed by atoms with Crippen molar-refractivity contribution in [2.45, 2.75) is 39.2 Å². The average Bonchev–Trinajstić information content (AvgIpc) is 2.26. The number of azide groups is 1. The summed E-state index contributed by atoms with van der Waals surface area (Å²) < 4.78 is 4.81. The van der Waals surface area contributed by atoms with Gasteiger partial charge in [0, 0.05) is 11.5 Å². The van der Waals surface area contributed by atoms with Crippen LogP contribution >= 0.6 is 0 Å². The van der Waals surface area contributed by atoms with Crippen molar-refractivity contribution in [1.29, 1.82) is 0 Å². The highest BCUT2D eigenvalue weighted by Crippen LogP contribution is 2.18. The highest BCUT2D eigenvalue weighted by molar-refractivity contribution is 5.80. The van der Waals surface area contributed by atoms with E-state index in [2.05, 4.69) is 29.2 Å². The Labute approximate surface area is 102 Å². The normalized spacial score (nSPS) is 13.9. The number of carbonyl (C=O) groups is 1. The lowest BCUT2D eigenvalue weighted by Gasteiger charge is -2.29. The Morgan fingerprint density at radius 1 is 1.59 bits per heavy atom. The molecule has 0 heterocycles. The first-order valence-corrected chi connectivity index (χ1v) is 5.80. The summed E-state index contributed by atoms with van der Waals surface area (Å²) in [5.74, 6) is 0.138. The van der Waals surface area contributed by atoms with E-state index < -0.39 is 5.54 Å². The van der Waals surface area contributed by atoms with Crippen LogP contribution in [0.5, 0.6) is 0 Å². The van der Waals surface area contributed by atoms with Gasteiger partial charge in [0.25, 0.3) is 0 Å². The van der Waals surface area contributed by atoms with E-state index in [-0.39, 0.29) is 5.97 Å². The maximum Gasteiger partial charge on any atom is 0.325 e. The Morgan fingerprint density at radius 3 is 2.71 bits per heavy atom. The van der Waals surface area contributed by atoms with E-state index >= 15 is 0 Å². The van der Waals surface area contributed by atoms with Gasteiger partial charge in [-0.2, -0.15) is 0 Å². The first-order chi connectivity index (χ1) is 7.96. The summed E-state index contributed by atoms with van der Waals surface area (Å²) in [6, 6.07) is 0. The molecule has 0 aromatic carbocycles. The van der Waals surface area contributed by atoms with Crippen LogP contribution in [0.15, 0.2) is 5.11 Å². The summed E-state index contributed by atoms with van der Waals surface area (Å²) in [6.45, 7) is 7.01. The summed E-state index contributed by atoms with van der Waals surface area (Å²) in [5.41, 5.74) is 7.47. The van der Waals surface area contributed by atoms with E-state index in [1.807, 2.05) is 6.92 Å². The number of nitrogens with one attached hydrogen (secondary N) is 1. The minimum Gasteiger partial charge on any atom is -0.468 e. The SMILES string of the molecule is COC(=O)C(C)(CC(C)C)NCCCN=[N+]=[N-]. The van der Waals surface area contributed by atoms with Gasteiger partial charge in [-0.15, -0.1) is 0 Å². The third-order valence-electron chi connectivity index (χ3n) is 2.47. The first kappa shape index (κ1) is 15.7. The van der Waals surface area contributed by atoms with Gasteiger partial charge < -0.3 is 10.1 Å². The first-order valence-electron chi connectivity index (χ1n) is 5.80. The van der Waals surface area contributed by atoms with Crippen molar-refractivity contribution in [2.75, 3.05) is 20.2 Å². The second-order valence-corrected chi connectivity index (χ2v) is 4.66. The molecule has 0 bridgehead atoms. The van der Waals surface area contributed by atoms with Crippen molar-refractivity contribution < 1.29 is 9.53 Å². The molecule has 0 saturated heterocycles. The monoisotopic (exact) mass is 242 g/mol. The lowest BCUT2D eigenvalue weighted by Crippen LogP contribution is -2.51. The van der Waals surface area contributed by atoms with Gasteiger partial charge in [-0.3, -0.25) is 4.79 Å². The summed E-state index contributed by atoms with van der Waals surface area (Å²) in [4.78, 5) is 14.4. The molecule has 0 aliphatic heterocycles. The van der Waals surface area contributed by atoms with Crippen molar-refractivity contribution in [2.24, 2.45) is 11.0 Å². The molecule has 0 aromatic rings. The Bertz CT molecular complexity index is 287. The van der Waals surface area contributed by atoms with E-state index in [1.54, 1.807) is 0 Å². The van der Waals surface area contributed by atoms with Crippen LogP contribution in [0, 0.1) is 5.92 Å². The van der Waals surface area contributed by atoms with Crippen LogP contribution in [-0.2, 0) is 9.53 Å². The molecular formula is C11H22N4O2. The van der Waals surface area contributed by atoms with Gasteiger partial charge >= 0.3 is 5.97 Å². The fourth-order valence-corrected chi connectivity index (χ4v) is 1.83. The molecule has 0 aromatic heterocycles. The predicted octanol–water partition coefficient (Wildman–Crippen LogP) is 2.25. The molecule has 0 rings (SSSR count). The third-order valence-corrected chi connectivity index (χ3v) is 2.47. The molecule has 0 saturated carbocycles. The second-order valence-electron chi connectivity index (χ2n) is 4.66. The van der Waals surface area contributed by atoms with Crippen molar-refractivity contribution in [1.82, 2.24) is 5.32 Å². The molecule has 0 aliphatic rings. The Hall–Kier alpha value is -1.26. The Morgan fingerprint density at radius 2 is 2.24 bits per heavy atom. The van der Waals surface area contributed by atoms with Crippen LogP contribution in [0.4, 0.5) is 0 Å². The third kappa shape index (κ3) is 6.14. The highest BCUT2D eigenvalue weighted by Gasteiger charge is 2.34. The van der Waals surface area contributed by atoms with Gasteiger partial charge in [-0.25, -0.2) is 0 Å². The maximum absolute atomic E-state index is 11.7. The van der Waals surface area contributed by atoms with Gasteiger partial charge in [-0.05, 0) is 37.8 Å². The van der Waals surface area contributed by atoms with Crippen LogP contribution in [0.25, 0.3) is 10.4 Å². The second kappa shape index (κ2) is 7.92. The zero-order valence-electron chi connectivity index (χ0n) is 11.1. The van der Waals surface area contributed by atoms with E-state index in [1.165, 1.54) is 7.11 Å². The van der Waals surface area contributed by atoms with Gasteiger partial charge in [0.1, 0.15) is 5.54 Å². The Kier molecular flexibility index (Phi) is 7.34. The summed E-state index contributed by atoms with van der Waals surface area (Å²) in [5, 5.41) is 6.62. The summed E-state index contributed by atoms with van der Waals surface area (Å²) in [7, 11) is 1.39. The predicted molar refractivity (Wildman–Crippen MR) is 66.5 cm³/mol. The number of hydrogen-bond acceptors (Lipinski definition) is 4. The molecule has 98 valence electrons.